The summed E-state index contributed by atoms with van der Waals surface area (Å²) in [5.74, 6) is 1.80. The van der Waals surface area contributed by atoms with Gasteiger partial charge in [0.1, 0.15) is 5.75 Å². The van der Waals surface area contributed by atoms with Crippen molar-refractivity contribution in [2.75, 3.05) is 37.5 Å². The van der Waals surface area contributed by atoms with E-state index in [9.17, 15) is 4.79 Å². The van der Waals surface area contributed by atoms with Gasteiger partial charge in [0.25, 0.3) is 0 Å². The van der Waals surface area contributed by atoms with Crippen LogP contribution in [0.2, 0.25) is 0 Å². The number of hydrogen-bond acceptors (Lipinski definition) is 5. The molecule has 0 saturated heterocycles. The topological polar surface area (TPSA) is 80.8 Å². The molecule has 2 aromatic carbocycles. The first-order valence-corrected chi connectivity index (χ1v) is 10.4. The fraction of sp³-hybridized carbons (Fsp3) is 0.435. The van der Waals surface area contributed by atoms with E-state index in [2.05, 4.69) is 16.0 Å². The summed E-state index contributed by atoms with van der Waals surface area (Å²) in [6.07, 6.45) is 1.78. The summed E-state index contributed by atoms with van der Waals surface area (Å²) in [5, 5.41) is 9.08. The van der Waals surface area contributed by atoms with Gasteiger partial charge >= 0.3 is 6.03 Å². The Labute approximate surface area is 179 Å². The van der Waals surface area contributed by atoms with Gasteiger partial charge in [-0.1, -0.05) is 13.8 Å². The van der Waals surface area contributed by atoms with Gasteiger partial charge in [-0.15, -0.1) is 0 Å². The lowest BCUT2D eigenvalue weighted by Gasteiger charge is -2.16. The average molecular weight is 416 g/mol. The van der Waals surface area contributed by atoms with Crippen LogP contribution in [0.4, 0.5) is 16.2 Å². The molecule has 0 unspecified atom stereocenters. The van der Waals surface area contributed by atoms with Gasteiger partial charge in [-0.05, 0) is 56.2 Å². The zero-order valence-electron chi connectivity index (χ0n) is 18.3. The number of ether oxygens (including phenoxy) is 3. The van der Waals surface area contributed by atoms with Crippen LogP contribution in [-0.2, 0) is 4.74 Å². The van der Waals surface area contributed by atoms with Gasteiger partial charge in [0, 0.05) is 36.6 Å². The van der Waals surface area contributed by atoms with E-state index in [1.807, 2.05) is 45.0 Å². The third kappa shape index (κ3) is 7.48. The highest BCUT2D eigenvalue weighted by Gasteiger charge is 2.11. The quantitative estimate of drug-likeness (QED) is 0.413. The lowest BCUT2D eigenvalue weighted by Crippen LogP contribution is -2.37. The molecular formula is C23H33N3O4. The van der Waals surface area contributed by atoms with Crippen LogP contribution in [0.5, 0.6) is 17.2 Å². The monoisotopic (exact) mass is 415 g/mol. The van der Waals surface area contributed by atoms with Crippen molar-refractivity contribution in [2.45, 2.75) is 39.7 Å². The Bertz CT molecular complexity index is 777. The van der Waals surface area contributed by atoms with Gasteiger partial charge in [-0.2, -0.15) is 0 Å². The van der Waals surface area contributed by atoms with Crippen LogP contribution in [0.15, 0.2) is 42.5 Å². The first kappa shape index (κ1) is 23.3. The van der Waals surface area contributed by atoms with Crippen LogP contribution in [0, 0.1) is 0 Å². The predicted octanol–water partition coefficient (Wildman–Crippen LogP) is 5.25. The van der Waals surface area contributed by atoms with Gasteiger partial charge in [0.05, 0.1) is 13.7 Å². The molecule has 0 aliphatic rings. The van der Waals surface area contributed by atoms with Crippen LogP contribution < -0.4 is 25.4 Å². The SMILES string of the molecule is CCOCCNc1ccc(Oc2ccc(NC(=O)NC(CC)CC)cc2OC)cc1. The molecule has 0 bridgehead atoms. The van der Waals surface area contributed by atoms with E-state index >= 15 is 0 Å². The fourth-order valence-corrected chi connectivity index (χ4v) is 2.85. The fourth-order valence-electron chi connectivity index (χ4n) is 2.85. The van der Waals surface area contributed by atoms with E-state index in [-0.39, 0.29) is 12.1 Å². The van der Waals surface area contributed by atoms with Gasteiger partial charge in [0.2, 0.25) is 0 Å². The predicted molar refractivity (Wildman–Crippen MR) is 121 cm³/mol. The molecule has 0 aliphatic heterocycles. The van der Waals surface area contributed by atoms with Crippen molar-refractivity contribution in [3.8, 4) is 17.2 Å². The molecule has 0 fully saturated rings. The molecule has 30 heavy (non-hydrogen) atoms. The molecule has 0 spiro atoms. The number of nitrogens with one attached hydrogen (secondary N) is 3. The molecule has 0 aliphatic carbocycles. The van der Waals surface area contributed by atoms with Crippen LogP contribution in [0.3, 0.4) is 0 Å². The van der Waals surface area contributed by atoms with Gasteiger partial charge in [-0.25, -0.2) is 4.79 Å². The summed E-state index contributed by atoms with van der Waals surface area (Å²) in [6.45, 7) is 8.21. The Hall–Kier alpha value is -2.93. The highest BCUT2D eigenvalue weighted by Crippen LogP contribution is 2.34. The number of benzene rings is 2. The maximum atomic E-state index is 12.2. The summed E-state index contributed by atoms with van der Waals surface area (Å²) in [6, 6.07) is 12.9. The van der Waals surface area contributed by atoms with E-state index in [1.165, 1.54) is 0 Å². The maximum Gasteiger partial charge on any atom is 0.319 e. The zero-order valence-corrected chi connectivity index (χ0v) is 18.3. The summed E-state index contributed by atoms with van der Waals surface area (Å²) in [5.41, 5.74) is 1.63. The lowest BCUT2D eigenvalue weighted by molar-refractivity contribution is 0.158. The molecule has 164 valence electrons. The maximum absolute atomic E-state index is 12.2. The van der Waals surface area contributed by atoms with Crippen molar-refractivity contribution in [1.29, 1.82) is 0 Å². The van der Waals surface area contributed by atoms with Crippen LogP contribution >= 0.6 is 0 Å². The highest BCUT2D eigenvalue weighted by atomic mass is 16.5. The highest BCUT2D eigenvalue weighted by molar-refractivity contribution is 5.89. The third-order valence-electron chi connectivity index (χ3n) is 4.60. The number of urea groups is 1. The molecule has 0 heterocycles. The molecule has 0 saturated carbocycles. The Kier molecular flexibility index (Phi) is 9.80. The van der Waals surface area contributed by atoms with Crippen molar-refractivity contribution in [3.05, 3.63) is 42.5 Å². The van der Waals surface area contributed by atoms with Crippen LogP contribution in [-0.4, -0.2) is 38.9 Å². The van der Waals surface area contributed by atoms with E-state index in [0.717, 1.165) is 25.1 Å². The van der Waals surface area contributed by atoms with Crippen molar-refractivity contribution >= 4 is 17.4 Å². The number of carbonyl (C=O) groups excluding carboxylic acids is 1. The summed E-state index contributed by atoms with van der Waals surface area (Å²) >= 11 is 0. The number of anilines is 2. The second-order valence-corrected chi connectivity index (χ2v) is 6.73. The Morgan fingerprint density at radius 1 is 0.967 bits per heavy atom. The van der Waals surface area contributed by atoms with Crippen molar-refractivity contribution in [2.24, 2.45) is 0 Å². The van der Waals surface area contributed by atoms with E-state index in [1.54, 1.807) is 25.3 Å². The number of carbonyl (C=O) groups is 1. The molecule has 7 heteroatoms. The third-order valence-corrected chi connectivity index (χ3v) is 4.60. The number of amides is 2. The number of methoxy groups -OCH3 is 1. The van der Waals surface area contributed by atoms with E-state index < -0.39 is 0 Å². The number of hydrogen-bond donors (Lipinski definition) is 3. The molecular weight excluding hydrogens is 382 g/mol. The van der Waals surface area contributed by atoms with Crippen molar-refractivity contribution < 1.29 is 19.0 Å². The number of rotatable bonds is 12. The summed E-state index contributed by atoms with van der Waals surface area (Å²) in [4.78, 5) is 12.2. The van der Waals surface area contributed by atoms with E-state index in [0.29, 0.717) is 36.1 Å². The largest absolute Gasteiger partial charge is 0.493 e. The molecule has 0 radical (unpaired) electrons. The van der Waals surface area contributed by atoms with Gasteiger partial charge in [-0.3, -0.25) is 0 Å². The molecule has 0 aromatic heterocycles. The Balaban J connectivity index is 1.97. The minimum absolute atomic E-state index is 0.158. The molecule has 3 N–H and O–H groups in total. The van der Waals surface area contributed by atoms with E-state index in [4.69, 9.17) is 14.2 Å². The molecule has 0 atom stereocenters. The summed E-state index contributed by atoms with van der Waals surface area (Å²) in [7, 11) is 1.57. The lowest BCUT2D eigenvalue weighted by atomic mass is 10.2. The molecule has 2 amide bonds. The van der Waals surface area contributed by atoms with Crippen LogP contribution in [0.25, 0.3) is 0 Å². The first-order valence-electron chi connectivity index (χ1n) is 10.4. The molecule has 2 rings (SSSR count). The molecule has 2 aromatic rings. The van der Waals surface area contributed by atoms with Gasteiger partial charge in [0.15, 0.2) is 11.5 Å². The standard InChI is InChI=1S/C23H33N3O4/c1-5-17(6-2)25-23(27)26-19-10-13-21(22(16-19)28-4)30-20-11-8-18(9-12-20)24-14-15-29-7-3/h8-13,16-17,24H,5-7,14-15H2,1-4H3,(H2,25,26,27). The second-order valence-electron chi connectivity index (χ2n) is 6.73. The minimum atomic E-state index is -0.230. The van der Waals surface area contributed by atoms with Crippen LogP contribution in [0.1, 0.15) is 33.6 Å². The average Bonchev–Trinajstić information content (AvgIpc) is 2.77. The van der Waals surface area contributed by atoms with Crippen molar-refractivity contribution in [1.82, 2.24) is 5.32 Å². The Morgan fingerprint density at radius 3 is 2.30 bits per heavy atom. The second kappa shape index (κ2) is 12.6. The normalized spacial score (nSPS) is 10.6. The smallest absolute Gasteiger partial charge is 0.319 e. The van der Waals surface area contributed by atoms with Crippen molar-refractivity contribution in [3.63, 3.8) is 0 Å². The minimum Gasteiger partial charge on any atom is -0.493 e. The van der Waals surface area contributed by atoms with Gasteiger partial charge < -0.3 is 30.2 Å². The molecule has 7 nitrogen and oxygen atoms in total. The summed E-state index contributed by atoms with van der Waals surface area (Å²) < 4.78 is 16.7. The zero-order chi connectivity index (χ0) is 21.8. The Morgan fingerprint density at radius 2 is 1.67 bits per heavy atom. The first-order chi connectivity index (χ1) is 14.6.